The molecule has 0 aromatic heterocycles. The van der Waals surface area contributed by atoms with Crippen LogP contribution in [-0.4, -0.2) is 40.2 Å². The second-order valence-electron chi connectivity index (χ2n) is 4.14. The van der Waals surface area contributed by atoms with E-state index in [2.05, 4.69) is 25.7 Å². The van der Waals surface area contributed by atoms with E-state index in [1.54, 1.807) is 0 Å². The third kappa shape index (κ3) is 6.07. The first kappa shape index (κ1) is 14.8. The highest BCUT2D eigenvalue weighted by Crippen LogP contribution is 2.13. The normalized spacial score (nSPS) is 13.5. The van der Waals surface area contributed by atoms with E-state index >= 15 is 0 Å². The fraction of sp³-hybridized carbons (Fsp3) is 0.909. The highest BCUT2D eigenvalue weighted by Gasteiger charge is 2.19. The van der Waals surface area contributed by atoms with Crippen molar-refractivity contribution in [3.63, 3.8) is 0 Å². The molecule has 0 radical (unpaired) electrons. The Morgan fingerprint density at radius 2 is 2.07 bits per heavy atom. The van der Waals surface area contributed by atoms with Crippen molar-refractivity contribution in [2.75, 3.05) is 13.2 Å². The quantitative estimate of drug-likeness (QED) is 0.623. The van der Waals surface area contributed by atoms with Crippen molar-refractivity contribution in [1.29, 1.82) is 0 Å². The molecule has 0 heterocycles. The van der Waals surface area contributed by atoms with E-state index in [1.807, 2.05) is 0 Å². The van der Waals surface area contributed by atoms with E-state index in [0.717, 1.165) is 25.8 Å². The predicted molar refractivity (Wildman–Crippen MR) is 69.0 cm³/mol. The lowest BCUT2D eigenvalue weighted by Gasteiger charge is -2.34. The van der Waals surface area contributed by atoms with Crippen LogP contribution in [0, 0.1) is 0 Å². The summed E-state index contributed by atoms with van der Waals surface area (Å²) in [7, 11) is 0. The monoisotopic (exact) mass is 232 g/mol. The Kier molecular flexibility index (Phi) is 7.92. The zero-order chi connectivity index (χ0) is 11.8. The van der Waals surface area contributed by atoms with Crippen molar-refractivity contribution in [3.8, 4) is 0 Å². The van der Waals surface area contributed by atoms with Crippen LogP contribution in [0.2, 0.25) is 0 Å². The summed E-state index contributed by atoms with van der Waals surface area (Å²) in [6, 6.07) is 0.880. The van der Waals surface area contributed by atoms with Gasteiger partial charge in [0.25, 0.3) is 0 Å². The van der Waals surface area contributed by atoms with Gasteiger partial charge >= 0.3 is 0 Å². The van der Waals surface area contributed by atoms with Crippen LogP contribution in [0.5, 0.6) is 0 Å². The topological polar surface area (TPSA) is 49.5 Å². The van der Waals surface area contributed by atoms with Crippen LogP contribution in [0.1, 0.15) is 40.0 Å². The zero-order valence-corrected chi connectivity index (χ0v) is 10.9. The lowest BCUT2D eigenvalue weighted by molar-refractivity contribution is 0.137. The van der Waals surface area contributed by atoms with Gasteiger partial charge in [-0.05, 0) is 26.7 Å². The SMILES string of the molecule is CCC(CC(N)=S)N(CCCO)C(C)C. The molecule has 4 heteroatoms. The Bertz CT molecular complexity index is 185. The molecule has 1 unspecified atom stereocenters. The van der Waals surface area contributed by atoms with E-state index in [-0.39, 0.29) is 6.61 Å². The number of nitrogens with zero attached hydrogens (tertiary/aromatic N) is 1. The Morgan fingerprint density at radius 1 is 1.47 bits per heavy atom. The summed E-state index contributed by atoms with van der Waals surface area (Å²) in [6.07, 6.45) is 2.63. The van der Waals surface area contributed by atoms with E-state index < -0.39 is 0 Å². The molecule has 3 nitrogen and oxygen atoms in total. The second-order valence-corrected chi connectivity index (χ2v) is 4.67. The van der Waals surface area contributed by atoms with Crippen LogP contribution in [0.15, 0.2) is 0 Å². The van der Waals surface area contributed by atoms with Gasteiger partial charge in [0.05, 0.1) is 4.99 Å². The molecule has 0 bridgehead atoms. The minimum Gasteiger partial charge on any atom is -0.396 e. The number of aliphatic hydroxyl groups excluding tert-OH is 1. The molecule has 0 saturated carbocycles. The Morgan fingerprint density at radius 3 is 2.40 bits per heavy atom. The van der Waals surface area contributed by atoms with Gasteiger partial charge in [-0.15, -0.1) is 0 Å². The first-order valence-corrected chi connectivity index (χ1v) is 6.08. The van der Waals surface area contributed by atoms with Gasteiger partial charge in [0.2, 0.25) is 0 Å². The van der Waals surface area contributed by atoms with E-state index in [1.165, 1.54) is 0 Å². The molecule has 0 amide bonds. The molecule has 0 aliphatic rings. The zero-order valence-electron chi connectivity index (χ0n) is 10.1. The molecule has 0 fully saturated rings. The average Bonchev–Trinajstić information content (AvgIpc) is 2.15. The molecule has 0 aliphatic heterocycles. The summed E-state index contributed by atoms with van der Waals surface area (Å²) in [5.74, 6) is 0. The maximum Gasteiger partial charge on any atom is 0.0743 e. The van der Waals surface area contributed by atoms with Gasteiger partial charge in [0, 0.05) is 31.7 Å². The van der Waals surface area contributed by atoms with Crippen LogP contribution in [-0.2, 0) is 0 Å². The van der Waals surface area contributed by atoms with Gasteiger partial charge < -0.3 is 10.8 Å². The number of hydrogen-bond acceptors (Lipinski definition) is 3. The van der Waals surface area contributed by atoms with Crippen molar-refractivity contribution < 1.29 is 5.11 Å². The molecule has 0 aromatic carbocycles. The molecule has 0 saturated heterocycles. The van der Waals surface area contributed by atoms with Crippen molar-refractivity contribution in [2.45, 2.75) is 52.1 Å². The molecule has 1 atom stereocenters. The van der Waals surface area contributed by atoms with Gasteiger partial charge in [0.1, 0.15) is 0 Å². The highest BCUT2D eigenvalue weighted by atomic mass is 32.1. The minimum atomic E-state index is 0.243. The van der Waals surface area contributed by atoms with E-state index in [9.17, 15) is 0 Å². The van der Waals surface area contributed by atoms with Crippen molar-refractivity contribution >= 4 is 17.2 Å². The number of hydrogen-bond donors (Lipinski definition) is 2. The van der Waals surface area contributed by atoms with Crippen molar-refractivity contribution in [1.82, 2.24) is 4.90 Å². The van der Waals surface area contributed by atoms with Crippen molar-refractivity contribution in [3.05, 3.63) is 0 Å². The predicted octanol–water partition coefficient (Wildman–Crippen LogP) is 1.53. The van der Waals surface area contributed by atoms with Gasteiger partial charge in [-0.1, -0.05) is 19.1 Å². The molecule has 15 heavy (non-hydrogen) atoms. The largest absolute Gasteiger partial charge is 0.396 e. The summed E-state index contributed by atoms with van der Waals surface area (Å²) < 4.78 is 0. The van der Waals surface area contributed by atoms with Crippen LogP contribution in [0.4, 0.5) is 0 Å². The van der Waals surface area contributed by atoms with E-state index in [4.69, 9.17) is 23.1 Å². The molecule has 90 valence electrons. The molecule has 3 N–H and O–H groups in total. The summed E-state index contributed by atoms with van der Waals surface area (Å²) in [5, 5.41) is 8.86. The van der Waals surface area contributed by atoms with Gasteiger partial charge in [-0.2, -0.15) is 0 Å². The average molecular weight is 232 g/mol. The summed E-state index contributed by atoms with van der Waals surface area (Å²) in [4.78, 5) is 2.95. The van der Waals surface area contributed by atoms with Crippen LogP contribution in [0.3, 0.4) is 0 Å². The Hall–Kier alpha value is -0.190. The van der Waals surface area contributed by atoms with E-state index in [0.29, 0.717) is 17.1 Å². The number of nitrogens with two attached hydrogens (primary N) is 1. The summed E-state index contributed by atoms with van der Waals surface area (Å²) in [5.41, 5.74) is 5.59. The third-order valence-electron chi connectivity index (χ3n) is 2.61. The third-order valence-corrected chi connectivity index (χ3v) is 2.78. The standard InChI is InChI=1S/C11H24N2OS/c1-4-10(8-11(12)15)13(9(2)3)6-5-7-14/h9-10,14H,4-8H2,1-3H3,(H2,12,15). The number of rotatable bonds is 8. The molecule has 0 aromatic rings. The van der Waals surface area contributed by atoms with Gasteiger partial charge in [-0.3, -0.25) is 4.90 Å². The van der Waals surface area contributed by atoms with Crippen LogP contribution in [0.25, 0.3) is 0 Å². The maximum absolute atomic E-state index is 8.86. The summed E-state index contributed by atoms with van der Waals surface area (Å²) in [6.45, 7) is 7.64. The number of aliphatic hydroxyl groups is 1. The Balaban J connectivity index is 4.33. The van der Waals surface area contributed by atoms with Crippen LogP contribution < -0.4 is 5.73 Å². The lowest BCUT2D eigenvalue weighted by atomic mass is 10.1. The fourth-order valence-electron chi connectivity index (χ4n) is 1.84. The highest BCUT2D eigenvalue weighted by molar-refractivity contribution is 7.80. The van der Waals surface area contributed by atoms with Gasteiger partial charge in [0.15, 0.2) is 0 Å². The molecular weight excluding hydrogens is 208 g/mol. The molecule has 0 aliphatic carbocycles. The molecule has 0 rings (SSSR count). The first-order valence-electron chi connectivity index (χ1n) is 5.67. The minimum absolute atomic E-state index is 0.243. The Labute approximate surface area is 98.6 Å². The lowest BCUT2D eigenvalue weighted by Crippen LogP contribution is -2.42. The van der Waals surface area contributed by atoms with Gasteiger partial charge in [-0.25, -0.2) is 0 Å². The smallest absolute Gasteiger partial charge is 0.0743 e. The number of thiocarbonyl (C=S) groups is 1. The second kappa shape index (κ2) is 8.02. The van der Waals surface area contributed by atoms with Crippen LogP contribution >= 0.6 is 12.2 Å². The fourth-order valence-corrected chi connectivity index (χ4v) is 2.04. The molecule has 0 spiro atoms. The summed E-state index contributed by atoms with van der Waals surface area (Å²) >= 11 is 4.96. The maximum atomic E-state index is 8.86. The van der Waals surface area contributed by atoms with Crippen molar-refractivity contribution in [2.24, 2.45) is 5.73 Å². The molecular formula is C11H24N2OS. The first-order chi connectivity index (χ1) is 7.02.